The van der Waals surface area contributed by atoms with Gasteiger partial charge in [0.1, 0.15) is 5.78 Å². The number of ether oxygens (including phenoxy) is 2. The first kappa shape index (κ1) is 14.2. The predicted molar refractivity (Wildman–Crippen MR) is 60.7 cm³/mol. The zero-order valence-corrected chi connectivity index (χ0v) is 10.6. The largest absolute Gasteiger partial charge is 0.502 e. The molecule has 0 amide bonds. The van der Waals surface area contributed by atoms with E-state index >= 15 is 0 Å². The molecule has 0 bridgehead atoms. The van der Waals surface area contributed by atoms with Crippen LogP contribution in [-0.2, 0) is 23.9 Å². The molecule has 1 aliphatic rings. The summed E-state index contributed by atoms with van der Waals surface area (Å²) in [5.41, 5.74) is -1.70. The topological polar surface area (TPSA) is 89.9 Å². The van der Waals surface area contributed by atoms with Crippen LogP contribution in [0.2, 0.25) is 0 Å². The van der Waals surface area contributed by atoms with Crippen molar-refractivity contribution in [2.45, 2.75) is 38.7 Å². The Labute approximate surface area is 105 Å². The Hall–Kier alpha value is -1.85. The first-order valence-electron chi connectivity index (χ1n) is 5.69. The van der Waals surface area contributed by atoms with E-state index in [1.807, 2.05) is 0 Å². The van der Waals surface area contributed by atoms with Gasteiger partial charge in [-0.3, -0.25) is 4.79 Å². The molecule has 0 aromatic heterocycles. The van der Waals surface area contributed by atoms with Gasteiger partial charge in [-0.1, -0.05) is 13.8 Å². The molecule has 0 aliphatic carbocycles. The minimum atomic E-state index is -1.79. The van der Waals surface area contributed by atoms with Gasteiger partial charge >= 0.3 is 11.9 Å². The molecule has 1 rings (SSSR count). The molecule has 6 nitrogen and oxygen atoms in total. The fourth-order valence-electron chi connectivity index (χ4n) is 1.98. The summed E-state index contributed by atoms with van der Waals surface area (Å²) in [7, 11) is 1.14. The van der Waals surface area contributed by atoms with Crippen molar-refractivity contribution in [2.75, 3.05) is 7.11 Å². The summed E-state index contributed by atoms with van der Waals surface area (Å²) in [6, 6.07) is 0. The monoisotopic (exact) mass is 256 g/mol. The van der Waals surface area contributed by atoms with Crippen LogP contribution in [0, 0.1) is 0 Å². The van der Waals surface area contributed by atoms with Crippen molar-refractivity contribution >= 4 is 17.7 Å². The van der Waals surface area contributed by atoms with Gasteiger partial charge in [0.2, 0.25) is 11.4 Å². The summed E-state index contributed by atoms with van der Waals surface area (Å²) >= 11 is 0. The van der Waals surface area contributed by atoms with Crippen molar-refractivity contribution in [3.63, 3.8) is 0 Å². The number of aliphatic hydroxyl groups is 1. The predicted octanol–water partition coefficient (Wildman–Crippen LogP) is 1.05. The highest BCUT2D eigenvalue weighted by atomic mass is 16.6. The SMILES string of the molecule is CCC(=O)CC1(C(=O)OC)OC(=O)C(O)=C1CC. The second-order valence-electron chi connectivity index (χ2n) is 3.96. The number of cyclic esters (lactones) is 1. The Morgan fingerprint density at radius 2 is 2.00 bits per heavy atom. The highest BCUT2D eigenvalue weighted by molar-refractivity contribution is 6.01. The number of aliphatic hydroxyl groups excluding tert-OH is 1. The average Bonchev–Trinajstić information content (AvgIpc) is 2.60. The molecule has 0 aromatic carbocycles. The molecule has 1 N–H and O–H groups in total. The molecular formula is C12H16O6. The molecule has 0 aromatic rings. The molecule has 1 unspecified atom stereocenters. The van der Waals surface area contributed by atoms with Crippen molar-refractivity contribution in [2.24, 2.45) is 0 Å². The molecular weight excluding hydrogens is 240 g/mol. The third-order valence-corrected chi connectivity index (χ3v) is 2.94. The van der Waals surface area contributed by atoms with Crippen LogP contribution >= 0.6 is 0 Å². The normalized spacial score (nSPS) is 22.9. The van der Waals surface area contributed by atoms with E-state index < -0.39 is 23.3 Å². The molecule has 18 heavy (non-hydrogen) atoms. The zero-order valence-electron chi connectivity index (χ0n) is 10.6. The third-order valence-electron chi connectivity index (χ3n) is 2.94. The number of Topliss-reactive ketones (excluding diaryl/α,β-unsaturated/α-hetero) is 1. The van der Waals surface area contributed by atoms with Crippen molar-refractivity contribution in [3.05, 3.63) is 11.3 Å². The van der Waals surface area contributed by atoms with Crippen molar-refractivity contribution < 1.29 is 29.0 Å². The smallest absolute Gasteiger partial charge is 0.374 e. The van der Waals surface area contributed by atoms with Gasteiger partial charge in [-0.05, 0) is 6.42 Å². The van der Waals surface area contributed by atoms with E-state index in [2.05, 4.69) is 4.74 Å². The van der Waals surface area contributed by atoms with Crippen molar-refractivity contribution in [1.29, 1.82) is 0 Å². The first-order valence-corrected chi connectivity index (χ1v) is 5.69. The number of carbonyl (C=O) groups is 3. The minimum Gasteiger partial charge on any atom is -0.502 e. The van der Waals surface area contributed by atoms with E-state index in [4.69, 9.17) is 4.74 Å². The van der Waals surface area contributed by atoms with Crippen LogP contribution in [0.5, 0.6) is 0 Å². The lowest BCUT2D eigenvalue weighted by Gasteiger charge is -2.26. The van der Waals surface area contributed by atoms with E-state index in [1.165, 1.54) is 0 Å². The number of ketones is 1. The molecule has 1 atom stereocenters. The second-order valence-corrected chi connectivity index (χ2v) is 3.96. The third kappa shape index (κ3) is 2.10. The molecule has 0 spiro atoms. The maximum atomic E-state index is 11.9. The summed E-state index contributed by atoms with van der Waals surface area (Å²) in [6.45, 7) is 3.29. The maximum Gasteiger partial charge on any atom is 0.374 e. The van der Waals surface area contributed by atoms with Crippen LogP contribution in [0.3, 0.4) is 0 Å². The van der Waals surface area contributed by atoms with E-state index in [1.54, 1.807) is 13.8 Å². The Bertz CT molecular complexity index is 422. The maximum absolute atomic E-state index is 11.9. The van der Waals surface area contributed by atoms with E-state index in [-0.39, 0.29) is 30.6 Å². The Morgan fingerprint density at radius 3 is 2.44 bits per heavy atom. The second kappa shape index (κ2) is 5.20. The molecule has 100 valence electrons. The fourth-order valence-corrected chi connectivity index (χ4v) is 1.98. The standard InChI is InChI=1S/C12H16O6/c1-4-7(13)6-12(11(16)17-3)8(5-2)9(14)10(15)18-12/h14H,4-6H2,1-3H3. The highest BCUT2D eigenvalue weighted by Crippen LogP contribution is 2.38. The van der Waals surface area contributed by atoms with Crippen LogP contribution < -0.4 is 0 Å². The van der Waals surface area contributed by atoms with Crippen LogP contribution in [0.1, 0.15) is 33.1 Å². The molecule has 0 fully saturated rings. The number of rotatable bonds is 5. The summed E-state index contributed by atoms with van der Waals surface area (Å²) in [4.78, 5) is 34.8. The summed E-state index contributed by atoms with van der Waals surface area (Å²) in [6.07, 6.45) is 0.104. The van der Waals surface area contributed by atoms with Crippen LogP contribution in [0.4, 0.5) is 0 Å². The van der Waals surface area contributed by atoms with Gasteiger partial charge in [-0.2, -0.15) is 0 Å². The Morgan fingerprint density at radius 1 is 1.39 bits per heavy atom. The molecule has 1 heterocycles. The average molecular weight is 256 g/mol. The molecule has 6 heteroatoms. The highest BCUT2D eigenvalue weighted by Gasteiger charge is 2.55. The lowest BCUT2D eigenvalue weighted by molar-refractivity contribution is -0.172. The molecule has 0 radical (unpaired) electrons. The van der Waals surface area contributed by atoms with Gasteiger partial charge in [0.05, 0.1) is 13.5 Å². The lowest BCUT2D eigenvalue weighted by Crippen LogP contribution is -2.44. The number of hydrogen-bond donors (Lipinski definition) is 1. The van der Waals surface area contributed by atoms with Crippen LogP contribution in [0.15, 0.2) is 11.3 Å². The van der Waals surface area contributed by atoms with Crippen molar-refractivity contribution in [3.8, 4) is 0 Å². The van der Waals surface area contributed by atoms with Gasteiger partial charge in [-0.25, -0.2) is 9.59 Å². The van der Waals surface area contributed by atoms with Crippen LogP contribution in [0.25, 0.3) is 0 Å². The number of methoxy groups -OCH3 is 1. The summed E-state index contributed by atoms with van der Waals surface area (Å²) < 4.78 is 9.53. The van der Waals surface area contributed by atoms with Gasteiger partial charge < -0.3 is 14.6 Å². The van der Waals surface area contributed by atoms with E-state index in [0.29, 0.717) is 0 Å². The number of esters is 2. The summed E-state index contributed by atoms with van der Waals surface area (Å²) in [5.74, 6) is -2.71. The zero-order chi connectivity index (χ0) is 13.9. The number of carbonyl (C=O) groups excluding carboxylic acids is 3. The first-order chi connectivity index (χ1) is 8.42. The lowest BCUT2D eigenvalue weighted by atomic mass is 9.86. The van der Waals surface area contributed by atoms with Crippen molar-refractivity contribution in [1.82, 2.24) is 0 Å². The molecule has 0 saturated heterocycles. The molecule has 1 aliphatic heterocycles. The van der Waals surface area contributed by atoms with Gasteiger partial charge in [0, 0.05) is 12.0 Å². The quantitative estimate of drug-likeness (QED) is 0.739. The van der Waals surface area contributed by atoms with Gasteiger partial charge in [0.25, 0.3) is 0 Å². The Kier molecular flexibility index (Phi) is 4.11. The van der Waals surface area contributed by atoms with Gasteiger partial charge in [-0.15, -0.1) is 0 Å². The summed E-state index contributed by atoms with van der Waals surface area (Å²) in [5, 5.41) is 9.61. The van der Waals surface area contributed by atoms with Gasteiger partial charge in [0.15, 0.2) is 0 Å². The number of hydrogen-bond acceptors (Lipinski definition) is 6. The van der Waals surface area contributed by atoms with E-state index in [9.17, 15) is 19.5 Å². The van der Waals surface area contributed by atoms with Crippen LogP contribution in [-0.4, -0.2) is 35.5 Å². The molecule has 0 saturated carbocycles. The van der Waals surface area contributed by atoms with E-state index in [0.717, 1.165) is 7.11 Å². The minimum absolute atomic E-state index is 0.0983. The Balaban J connectivity index is 3.26. The fraction of sp³-hybridized carbons (Fsp3) is 0.583.